The Balaban J connectivity index is 1.88. The lowest BCUT2D eigenvalue weighted by atomic mass is 9.90. The van der Waals surface area contributed by atoms with Crippen LogP contribution in [0.4, 0.5) is 0 Å². The van der Waals surface area contributed by atoms with E-state index in [1.54, 1.807) is 0 Å². The van der Waals surface area contributed by atoms with Gasteiger partial charge in [-0.2, -0.15) is 0 Å². The highest BCUT2D eigenvalue weighted by molar-refractivity contribution is 6.11. The van der Waals surface area contributed by atoms with Crippen molar-refractivity contribution >= 4 is 27.3 Å². The first kappa shape index (κ1) is 18.0. The Morgan fingerprint density at radius 2 is 1.03 bits per heavy atom. The van der Waals surface area contributed by atoms with Gasteiger partial charge >= 0.3 is 0 Å². The number of rotatable bonds is 2. The average Bonchev–Trinajstić information content (AvgIpc) is 3.19. The lowest BCUT2D eigenvalue weighted by Crippen LogP contribution is -1.96. The second-order valence-corrected chi connectivity index (χ2v) is 8.42. The second kappa shape index (κ2) is 6.85. The van der Waals surface area contributed by atoms with Gasteiger partial charge in [0.25, 0.3) is 0 Å². The van der Waals surface area contributed by atoms with Crippen molar-refractivity contribution in [2.24, 2.45) is 0 Å². The number of aromatic nitrogens is 1. The number of pyridine rings is 1. The molecule has 0 saturated carbocycles. The molecule has 0 aliphatic carbocycles. The predicted octanol–water partition coefficient (Wildman–Crippen LogP) is 8.20. The highest BCUT2D eigenvalue weighted by Gasteiger charge is 2.19. The first-order valence-electron chi connectivity index (χ1n) is 10.8. The van der Waals surface area contributed by atoms with Gasteiger partial charge in [0.1, 0.15) is 0 Å². The molecule has 0 unspecified atom stereocenters. The Bertz CT molecular complexity index is 1570. The molecule has 0 fully saturated rings. The maximum Gasteiger partial charge on any atom is 0.0553 e. The molecule has 0 aliphatic rings. The van der Waals surface area contributed by atoms with E-state index < -0.39 is 0 Å². The molecule has 0 amide bonds. The van der Waals surface area contributed by atoms with Crippen LogP contribution in [-0.4, -0.2) is 4.40 Å². The van der Waals surface area contributed by atoms with Crippen LogP contribution in [0.1, 0.15) is 11.1 Å². The zero-order valence-electron chi connectivity index (χ0n) is 17.8. The van der Waals surface area contributed by atoms with Gasteiger partial charge in [-0.3, -0.25) is 0 Å². The van der Waals surface area contributed by atoms with E-state index in [4.69, 9.17) is 0 Å². The summed E-state index contributed by atoms with van der Waals surface area (Å²) >= 11 is 0. The quantitative estimate of drug-likeness (QED) is 0.277. The highest BCUT2D eigenvalue weighted by Crippen LogP contribution is 2.43. The Morgan fingerprint density at radius 3 is 1.71 bits per heavy atom. The molecule has 4 aromatic carbocycles. The summed E-state index contributed by atoms with van der Waals surface area (Å²) in [5.41, 5.74) is 11.4. The van der Waals surface area contributed by atoms with Crippen LogP contribution in [-0.2, 0) is 0 Å². The molecule has 2 heterocycles. The topological polar surface area (TPSA) is 4.41 Å². The number of hydrogen-bond acceptors (Lipinski definition) is 0. The minimum atomic E-state index is 1.24. The fourth-order valence-electron chi connectivity index (χ4n) is 4.77. The van der Waals surface area contributed by atoms with Crippen LogP contribution in [0.25, 0.3) is 49.6 Å². The highest BCUT2D eigenvalue weighted by atomic mass is 14.9. The van der Waals surface area contributed by atoms with Crippen molar-refractivity contribution in [3.8, 4) is 22.3 Å². The van der Waals surface area contributed by atoms with Crippen molar-refractivity contribution in [2.75, 3.05) is 0 Å². The first-order valence-corrected chi connectivity index (χ1v) is 10.8. The van der Waals surface area contributed by atoms with Gasteiger partial charge in [-0.15, -0.1) is 0 Å². The molecule has 31 heavy (non-hydrogen) atoms. The number of hydrogen-bond donors (Lipinski definition) is 0. The summed E-state index contributed by atoms with van der Waals surface area (Å²) in [5.74, 6) is 0. The molecule has 0 aliphatic heterocycles. The summed E-state index contributed by atoms with van der Waals surface area (Å²) in [5, 5.41) is 2.54. The Kier molecular flexibility index (Phi) is 3.97. The second-order valence-electron chi connectivity index (χ2n) is 8.42. The number of nitrogens with zero attached hydrogens (tertiary/aromatic N) is 1. The van der Waals surface area contributed by atoms with Crippen molar-refractivity contribution in [1.29, 1.82) is 0 Å². The monoisotopic (exact) mass is 397 g/mol. The molecule has 0 spiro atoms. The summed E-state index contributed by atoms with van der Waals surface area (Å²) < 4.78 is 2.43. The van der Waals surface area contributed by atoms with Gasteiger partial charge in [0.05, 0.1) is 16.6 Å². The molecule has 0 bridgehead atoms. The van der Waals surface area contributed by atoms with E-state index in [2.05, 4.69) is 121 Å². The summed E-state index contributed by atoms with van der Waals surface area (Å²) in [6.45, 7) is 4.29. The third kappa shape index (κ3) is 2.78. The van der Waals surface area contributed by atoms with Crippen LogP contribution in [0.2, 0.25) is 0 Å². The third-order valence-corrected chi connectivity index (χ3v) is 6.31. The standard InChI is InChI=1S/C30H23N/c1-20-11-15-22(16-12-20)29-25-8-4-6-10-27(25)31-26-9-5-3-7-24(26)19-28(31)30(29)23-17-13-21(2)14-18-23/h3-19H,1-2H3. The zero-order chi connectivity index (χ0) is 20.9. The van der Waals surface area contributed by atoms with Crippen molar-refractivity contribution in [3.05, 3.63) is 114 Å². The lowest BCUT2D eigenvalue weighted by Gasteiger charge is -2.18. The van der Waals surface area contributed by atoms with Gasteiger partial charge in [-0.05, 0) is 43.2 Å². The number of benzene rings is 4. The van der Waals surface area contributed by atoms with Crippen LogP contribution in [0.15, 0.2) is 103 Å². The van der Waals surface area contributed by atoms with E-state index in [0.29, 0.717) is 0 Å². The van der Waals surface area contributed by atoms with Crippen molar-refractivity contribution in [2.45, 2.75) is 13.8 Å². The summed E-state index contributed by atoms with van der Waals surface area (Å²) in [7, 11) is 0. The molecule has 0 N–H and O–H groups in total. The van der Waals surface area contributed by atoms with E-state index in [1.165, 1.54) is 60.7 Å². The van der Waals surface area contributed by atoms with E-state index in [-0.39, 0.29) is 0 Å². The lowest BCUT2D eigenvalue weighted by molar-refractivity contribution is 1.33. The van der Waals surface area contributed by atoms with Gasteiger partial charge < -0.3 is 4.40 Å². The van der Waals surface area contributed by atoms with Crippen LogP contribution < -0.4 is 0 Å². The Hall–Kier alpha value is -3.84. The number of para-hydroxylation sites is 2. The maximum absolute atomic E-state index is 2.43. The van der Waals surface area contributed by atoms with Gasteiger partial charge in [0, 0.05) is 21.9 Å². The summed E-state index contributed by atoms with van der Waals surface area (Å²) in [6.07, 6.45) is 0. The normalized spacial score (nSPS) is 11.5. The van der Waals surface area contributed by atoms with E-state index >= 15 is 0 Å². The van der Waals surface area contributed by atoms with Crippen molar-refractivity contribution in [1.82, 2.24) is 4.40 Å². The van der Waals surface area contributed by atoms with Gasteiger partial charge in [0.15, 0.2) is 0 Å². The first-order chi connectivity index (χ1) is 15.2. The van der Waals surface area contributed by atoms with Crippen LogP contribution in [0.3, 0.4) is 0 Å². The molecule has 0 atom stereocenters. The zero-order valence-corrected chi connectivity index (χ0v) is 17.8. The molecule has 1 heteroatoms. The largest absolute Gasteiger partial charge is 0.309 e. The fraction of sp³-hybridized carbons (Fsp3) is 0.0667. The third-order valence-electron chi connectivity index (χ3n) is 6.31. The molecule has 148 valence electrons. The molecule has 1 nitrogen and oxygen atoms in total. The summed E-state index contributed by atoms with van der Waals surface area (Å²) in [4.78, 5) is 0. The average molecular weight is 398 g/mol. The molecule has 0 saturated heterocycles. The van der Waals surface area contributed by atoms with Crippen LogP contribution in [0, 0.1) is 13.8 Å². The van der Waals surface area contributed by atoms with Gasteiger partial charge in [0.2, 0.25) is 0 Å². The number of fused-ring (bicyclic) bond motifs is 5. The van der Waals surface area contributed by atoms with E-state index in [0.717, 1.165) is 0 Å². The molecule has 6 aromatic rings. The van der Waals surface area contributed by atoms with Crippen molar-refractivity contribution in [3.63, 3.8) is 0 Å². The molecule has 0 radical (unpaired) electrons. The minimum Gasteiger partial charge on any atom is -0.309 e. The van der Waals surface area contributed by atoms with Crippen LogP contribution >= 0.6 is 0 Å². The smallest absolute Gasteiger partial charge is 0.0553 e. The van der Waals surface area contributed by atoms with Crippen molar-refractivity contribution < 1.29 is 0 Å². The Labute approximate surface area is 182 Å². The van der Waals surface area contributed by atoms with Gasteiger partial charge in [-0.1, -0.05) is 96.1 Å². The maximum atomic E-state index is 2.43. The SMILES string of the molecule is Cc1ccc(-c2c(-c3ccc(C)cc3)c3cc4ccccc4n3c3ccccc23)cc1. The predicted molar refractivity (Wildman–Crippen MR) is 133 cm³/mol. The molecular weight excluding hydrogens is 374 g/mol. The number of aryl methyl sites for hydroxylation is 2. The Morgan fingerprint density at radius 1 is 0.484 bits per heavy atom. The minimum absolute atomic E-state index is 1.24. The summed E-state index contributed by atoms with van der Waals surface area (Å²) in [6, 6.07) is 37.7. The van der Waals surface area contributed by atoms with E-state index in [9.17, 15) is 0 Å². The van der Waals surface area contributed by atoms with Crippen LogP contribution in [0.5, 0.6) is 0 Å². The fourth-order valence-corrected chi connectivity index (χ4v) is 4.77. The van der Waals surface area contributed by atoms with Gasteiger partial charge in [-0.25, -0.2) is 0 Å². The molecular formula is C30H23N. The molecule has 6 rings (SSSR count). The van der Waals surface area contributed by atoms with E-state index in [1.807, 2.05) is 0 Å². The molecule has 2 aromatic heterocycles.